The van der Waals surface area contributed by atoms with Crippen molar-refractivity contribution in [2.24, 2.45) is 4.99 Å². The zero-order valence-corrected chi connectivity index (χ0v) is 8.21. The molecule has 1 N–H and O–H groups in total. The summed E-state index contributed by atoms with van der Waals surface area (Å²) in [6.45, 7) is 5.21. The van der Waals surface area contributed by atoms with Crippen molar-refractivity contribution < 1.29 is 4.42 Å². The fourth-order valence-electron chi connectivity index (χ4n) is 0.737. The lowest BCUT2D eigenvalue weighted by molar-refractivity contribution is 0.531. The van der Waals surface area contributed by atoms with E-state index in [-0.39, 0.29) is 0 Å². The van der Waals surface area contributed by atoms with Gasteiger partial charge in [-0.2, -0.15) is 0 Å². The van der Waals surface area contributed by atoms with E-state index < -0.39 is 0 Å². The number of aromatic nitrogens is 1. The van der Waals surface area contributed by atoms with Crippen molar-refractivity contribution in [1.82, 2.24) is 4.98 Å². The number of rotatable bonds is 2. The molecule has 0 bridgehead atoms. The first-order valence-electron chi connectivity index (χ1n) is 3.20. The Morgan fingerprint density at radius 2 is 2.50 bits per heavy atom. The first-order chi connectivity index (χ1) is 5.63. The van der Waals surface area contributed by atoms with Crippen LogP contribution in [0.4, 0.5) is 5.82 Å². The van der Waals surface area contributed by atoms with Crippen LogP contribution in [0.1, 0.15) is 12.7 Å². The molecule has 0 spiro atoms. The van der Waals surface area contributed by atoms with Gasteiger partial charge in [0.15, 0.2) is 11.6 Å². The van der Waals surface area contributed by atoms with Gasteiger partial charge in [-0.05, 0) is 36.8 Å². The minimum absolute atomic E-state index is 0.290. The summed E-state index contributed by atoms with van der Waals surface area (Å²) in [6.07, 6.45) is 1.72. The highest BCUT2D eigenvalue weighted by Gasteiger charge is 2.02. The van der Waals surface area contributed by atoms with Crippen molar-refractivity contribution in [3.05, 3.63) is 15.5 Å². The maximum absolute atomic E-state index is 5.12. The molecule has 3 nitrogen and oxygen atoms in total. The van der Waals surface area contributed by atoms with Crippen molar-refractivity contribution in [3.63, 3.8) is 0 Å². The predicted octanol–water partition coefficient (Wildman–Crippen LogP) is 2.96. The molecule has 0 saturated heterocycles. The molecular weight excluding hydrogens is 192 g/mol. The van der Waals surface area contributed by atoms with Gasteiger partial charge in [0.25, 0.3) is 4.84 Å². The summed E-state index contributed by atoms with van der Waals surface area (Å²) in [5, 5.41) is 0. The third-order valence-electron chi connectivity index (χ3n) is 1.15. The molecule has 1 aromatic rings. The Hall–Kier alpha value is -0.810. The van der Waals surface area contributed by atoms with Crippen molar-refractivity contribution in [3.8, 4) is 0 Å². The first kappa shape index (κ1) is 9.28. The van der Waals surface area contributed by atoms with Gasteiger partial charge in [0.2, 0.25) is 0 Å². The van der Waals surface area contributed by atoms with Crippen LogP contribution >= 0.6 is 24.8 Å². The van der Waals surface area contributed by atoms with Crippen molar-refractivity contribution in [2.45, 2.75) is 6.92 Å². The molecule has 0 amide bonds. The molecule has 0 radical (unpaired) electrons. The number of aliphatic imine (C=N–C) groups is 1. The SMILES string of the molecule is C=Nc1[nH]c(=S)oc1/C=C(\C)S. The van der Waals surface area contributed by atoms with Crippen molar-refractivity contribution >= 4 is 43.5 Å². The zero-order valence-electron chi connectivity index (χ0n) is 6.50. The minimum Gasteiger partial charge on any atom is -0.428 e. The predicted molar refractivity (Wildman–Crippen MR) is 55.7 cm³/mol. The maximum atomic E-state index is 5.12. The Balaban J connectivity index is 3.22. The number of hydrogen-bond donors (Lipinski definition) is 2. The molecule has 0 aliphatic heterocycles. The Morgan fingerprint density at radius 3 is 3.00 bits per heavy atom. The highest BCUT2D eigenvalue weighted by Crippen LogP contribution is 2.20. The molecule has 12 heavy (non-hydrogen) atoms. The summed E-state index contributed by atoms with van der Waals surface area (Å²) in [7, 11) is 0. The average Bonchev–Trinajstić information content (AvgIpc) is 2.29. The smallest absolute Gasteiger partial charge is 0.268 e. The topological polar surface area (TPSA) is 41.3 Å². The van der Waals surface area contributed by atoms with Gasteiger partial charge >= 0.3 is 0 Å². The van der Waals surface area contributed by atoms with Crippen LogP contribution in [0.2, 0.25) is 0 Å². The van der Waals surface area contributed by atoms with Crippen LogP contribution in [0.15, 0.2) is 14.3 Å². The van der Waals surface area contributed by atoms with Gasteiger partial charge in [-0.15, -0.1) is 12.6 Å². The average molecular weight is 200 g/mol. The molecule has 64 valence electrons. The van der Waals surface area contributed by atoms with E-state index in [2.05, 4.69) is 29.3 Å². The molecule has 0 fully saturated rings. The molecule has 0 saturated carbocycles. The molecule has 1 rings (SSSR count). The first-order valence-corrected chi connectivity index (χ1v) is 4.06. The maximum Gasteiger partial charge on any atom is 0.268 e. The Morgan fingerprint density at radius 1 is 1.83 bits per heavy atom. The molecule has 0 aliphatic rings. The normalized spacial score (nSPS) is 11.7. The number of allylic oxidation sites excluding steroid dienone is 1. The number of thiol groups is 1. The highest BCUT2D eigenvalue weighted by molar-refractivity contribution is 7.84. The monoisotopic (exact) mass is 200 g/mol. The van der Waals surface area contributed by atoms with Crippen molar-refractivity contribution in [1.29, 1.82) is 0 Å². The van der Waals surface area contributed by atoms with Crippen LogP contribution < -0.4 is 0 Å². The lowest BCUT2D eigenvalue weighted by Gasteiger charge is -1.88. The van der Waals surface area contributed by atoms with Crippen LogP contribution in [0.5, 0.6) is 0 Å². The minimum atomic E-state index is 0.290. The van der Waals surface area contributed by atoms with E-state index in [1.807, 2.05) is 6.92 Å². The van der Waals surface area contributed by atoms with Crippen LogP contribution in [0.3, 0.4) is 0 Å². The van der Waals surface area contributed by atoms with Crippen molar-refractivity contribution in [2.75, 3.05) is 0 Å². The largest absolute Gasteiger partial charge is 0.428 e. The Labute approximate surface area is 80.6 Å². The van der Waals surface area contributed by atoms with Crippen LogP contribution in [-0.4, -0.2) is 11.7 Å². The van der Waals surface area contributed by atoms with Crippen LogP contribution in [-0.2, 0) is 0 Å². The van der Waals surface area contributed by atoms with E-state index in [4.69, 9.17) is 16.6 Å². The van der Waals surface area contributed by atoms with E-state index in [0.717, 1.165) is 4.91 Å². The summed E-state index contributed by atoms with van der Waals surface area (Å²) in [5.74, 6) is 1.09. The quantitative estimate of drug-likeness (QED) is 0.438. The number of nitrogens with zero attached hydrogens (tertiary/aromatic N) is 1. The number of aromatic amines is 1. The number of nitrogens with one attached hydrogen (secondary N) is 1. The molecule has 0 aliphatic carbocycles. The van der Waals surface area contributed by atoms with E-state index in [1.165, 1.54) is 0 Å². The van der Waals surface area contributed by atoms with Gasteiger partial charge in [-0.1, -0.05) is 0 Å². The van der Waals surface area contributed by atoms with E-state index in [9.17, 15) is 0 Å². The van der Waals surface area contributed by atoms with Gasteiger partial charge in [0.05, 0.1) is 0 Å². The summed E-state index contributed by atoms with van der Waals surface area (Å²) in [6, 6.07) is 0. The molecule has 0 aromatic carbocycles. The number of H-pyrrole nitrogens is 1. The number of oxazole rings is 1. The molecule has 1 heterocycles. The lowest BCUT2D eigenvalue weighted by Crippen LogP contribution is -1.67. The third kappa shape index (κ3) is 2.09. The summed E-state index contributed by atoms with van der Waals surface area (Å²) in [4.78, 5) is 7.55. The standard InChI is InChI=1S/C7H8N2OS2/c1-4(11)3-5-6(8-2)9-7(12)10-5/h3,11H,2H2,1H3,(H,9,12)/b4-3+. The summed E-state index contributed by atoms with van der Waals surface area (Å²) in [5.41, 5.74) is 0. The fourth-order valence-corrected chi connectivity index (χ4v) is 1.04. The van der Waals surface area contributed by atoms with Gasteiger partial charge in [-0.25, -0.2) is 4.99 Å². The van der Waals surface area contributed by atoms with Gasteiger partial charge < -0.3 is 4.42 Å². The Bertz CT molecular complexity index is 371. The van der Waals surface area contributed by atoms with Crippen LogP contribution in [0.25, 0.3) is 6.08 Å². The summed E-state index contributed by atoms with van der Waals surface area (Å²) < 4.78 is 5.12. The second-order valence-electron chi connectivity index (χ2n) is 2.17. The van der Waals surface area contributed by atoms with E-state index in [1.54, 1.807) is 6.08 Å². The highest BCUT2D eigenvalue weighted by atomic mass is 32.1. The van der Waals surface area contributed by atoms with Gasteiger partial charge in [0.1, 0.15) is 0 Å². The fraction of sp³-hybridized carbons (Fsp3) is 0.143. The van der Waals surface area contributed by atoms with Gasteiger partial charge in [-0.3, -0.25) is 4.98 Å². The molecule has 5 heteroatoms. The van der Waals surface area contributed by atoms with Gasteiger partial charge in [0, 0.05) is 0 Å². The molecular formula is C7H8N2OS2. The lowest BCUT2D eigenvalue weighted by atomic mass is 10.4. The second kappa shape index (κ2) is 3.73. The molecule has 0 unspecified atom stereocenters. The number of hydrogen-bond acceptors (Lipinski definition) is 4. The van der Waals surface area contributed by atoms with E-state index in [0.29, 0.717) is 16.4 Å². The second-order valence-corrected chi connectivity index (χ2v) is 3.25. The Kier molecular flexibility index (Phi) is 2.88. The third-order valence-corrected chi connectivity index (χ3v) is 1.47. The molecule has 1 aromatic heterocycles. The zero-order chi connectivity index (χ0) is 9.14. The summed E-state index contributed by atoms with van der Waals surface area (Å²) >= 11 is 8.87. The molecule has 0 atom stereocenters. The van der Waals surface area contributed by atoms with E-state index >= 15 is 0 Å². The van der Waals surface area contributed by atoms with Crippen LogP contribution in [0, 0.1) is 4.84 Å².